The van der Waals surface area contributed by atoms with Crippen LogP contribution in [0.2, 0.25) is 9.26 Å². The van der Waals surface area contributed by atoms with Gasteiger partial charge in [0.1, 0.15) is 0 Å². The molecule has 4 heteroatoms. The minimum Gasteiger partial charge on any atom is -0.147 e. The van der Waals surface area contributed by atoms with Gasteiger partial charge < -0.3 is 0 Å². The molecular formula is C18H32Cl2SiZr. The number of rotatable bonds is 2. The van der Waals surface area contributed by atoms with Gasteiger partial charge in [-0.05, 0) is 0 Å². The van der Waals surface area contributed by atoms with Gasteiger partial charge in [-0.25, -0.2) is 0 Å². The zero-order valence-electron chi connectivity index (χ0n) is 14.9. The van der Waals surface area contributed by atoms with Gasteiger partial charge in [-0.2, -0.15) is 0 Å². The van der Waals surface area contributed by atoms with Crippen LogP contribution in [-0.2, 0) is 17.4 Å². The molecule has 0 heterocycles. The van der Waals surface area contributed by atoms with Gasteiger partial charge in [0.25, 0.3) is 0 Å². The van der Waals surface area contributed by atoms with Crippen LogP contribution in [0.5, 0.6) is 0 Å². The molecule has 2 aliphatic carbocycles. The summed E-state index contributed by atoms with van der Waals surface area (Å²) in [6.07, 6.45) is 17.2. The van der Waals surface area contributed by atoms with E-state index in [1.807, 2.05) is 0 Å². The smallest absolute Gasteiger partial charge is 0.147 e. The van der Waals surface area contributed by atoms with Crippen LogP contribution in [0, 0.1) is 10.8 Å². The zero-order chi connectivity index (χ0) is 15.3. The fourth-order valence-corrected chi connectivity index (χ4v) is 13.7. The van der Waals surface area contributed by atoms with Crippen molar-refractivity contribution in [2.24, 2.45) is 10.8 Å². The zero-order valence-corrected chi connectivity index (χ0v) is 20.4. The summed E-state index contributed by atoms with van der Waals surface area (Å²) < 4.78 is 8.50. The van der Waals surface area contributed by atoms with Crippen molar-refractivity contribution in [2.45, 2.75) is 49.8 Å². The number of hydrogen-bond acceptors (Lipinski definition) is 0. The average Bonchev–Trinajstić information content (AvgIpc) is 2.26. The second-order valence-electron chi connectivity index (χ2n) is 9.06. The molecular weight excluding hydrogens is 406 g/mol. The number of hydrogen-bond donors (Lipinski definition) is 0. The van der Waals surface area contributed by atoms with Crippen molar-refractivity contribution in [3.05, 3.63) is 43.0 Å². The molecule has 22 heavy (non-hydrogen) atoms. The van der Waals surface area contributed by atoms with Gasteiger partial charge in [-0.3, -0.25) is 0 Å². The van der Waals surface area contributed by atoms with Crippen molar-refractivity contribution < 1.29 is 17.4 Å². The van der Waals surface area contributed by atoms with Crippen LogP contribution in [0.15, 0.2) is 43.0 Å². The van der Waals surface area contributed by atoms with E-state index in [2.05, 4.69) is 80.3 Å². The Bertz CT molecular complexity index is 565. The van der Waals surface area contributed by atoms with E-state index in [1.54, 1.807) is 6.56 Å². The van der Waals surface area contributed by atoms with E-state index in [0.717, 1.165) is 0 Å². The summed E-state index contributed by atoms with van der Waals surface area (Å²) in [5.41, 5.74) is 0.674. The average molecular weight is 439 g/mol. The van der Waals surface area contributed by atoms with Crippen LogP contribution in [0.3, 0.4) is 0 Å². The molecule has 0 amide bonds. The second-order valence-corrected chi connectivity index (χ2v) is 37.6. The molecule has 0 aromatic heterocycles. The van der Waals surface area contributed by atoms with E-state index < -0.39 is 17.4 Å². The summed E-state index contributed by atoms with van der Waals surface area (Å²) in [7, 11) is 0. The summed E-state index contributed by atoms with van der Waals surface area (Å²) >= 11 is -2.93. The fraction of sp³-hybridized carbons (Fsp3) is 0.556. The molecule has 0 aromatic rings. The minimum atomic E-state index is -2.93. The SMILES string of the molecule is CC1(C)C=C[C]([Zr]([CH3])([CH3])(=[SiH2])[C]2=CCC(C)(C)C=C2)=CC1.Cl.Cl. The van der Waals surface area contributed by atoms with Crippen molar-refractivity contribution in [1.29, 1.82) is 0 Å². The van der Waals surface area contributed by atoms with E-state index >= 15 is 0 Å². The second kappa shape index (κ2) is 6.87. The Hall–Kier alpha value is 0.640. The molecule has 0 atom stereocenters. The van der Waals surface area contributed by atoms with Gasteiger partial charge in [0.15, 0.2) is 0 Å². The van der Waals surface area contributed by atoms with Crippen LogP contribution in [-0.4, -0.2) is 6.88 Å². The summed E-state index contributed by atoms with van der Waals surface area (Å²) in [5, 5.41) is 0. The topological polar surface area (TPSA) is 0 Å². The monoisotopic (exact) mass is 436 g/mol. The third-order valence-corrected chi connectivity index (χ3v) is 20.7. The van der Waals surface area contributed by atoms with Crippen molar-refractivity contribution >= 4 is 31.7 Å². The van der Waals surface area contributed by atoms with Gasteiger partial charge in [-0.15, -0.1) is 24.8 Å². The molecule has 126 valence electrons. The van der Waals surface area contributed by atoms with Gasteiger partial charge in [0, 0.05) is 0 Å². The van der Waals surface area contributed by atoms with E-state index in [-0.39, 0.29) is 24.8 Å². The molecule has 0 bridgehead atoms. The molecule has 0 aliphatic heterocycles. The molecule has 0 nitrogen and oxygen atoms in total. The van der Waals surface area contributed by atoms with Gasteiger partial charge in [-0.1, -0.05) is 0 Å². The first-order valence-corrected chi connectivity index (χ1v) is 21.1. The molecule has 0 radical (unpaired) electrons. The van der Waals surface area contributed by atoms with Gasteiger partial charge >= 0.3 is 128 Å². The first-order chi connectivity index (χ1) is 8.91. The maximum atomic E-state index is 2.59. The third kappa shape index (κ3) is 4.82. The van der Waals surface area contributed by atoms with Crippen LogP contribution < -0.4 is 0 Å². The molecule has 0 saturated carbocycles. The molecule has 0 saturated heterocycles. The van der Waals surface area contributed by atoms with Crippen LogP contribution in [0.1, 0.15) is 40.5 Å². The normalized spacial score (nSPS) is 22.9. The van der Waals surface area contributed by atoms with Crippen molar-refractivity contribution in [2.75, 3.05) is 0 Å². The Morgan fingerprint density at radius 2 is 1.14 bits per heavy atom. The van der Waals surface area contributed by atoms with Gasteiger partial charge in [0.05, 0.1) is 0 Å². The predicted molar refractivity (Wildman–Crippen MR) is 106 cm³/mol. The largest absolute Gasteiger partial charge is 0.147 e. The first kappa shape index (κ1) is 22.6. The fourth-order valence-electron chi connectivity index (χ4n) is 3.00. The summed E-state index contributed by atoms with van der Waals surface area (Å²) in [4.78, 5) is 0. The Kier molecular flexibility index (Phi) is 7.07. The van der Waals surface area contributed by atoms with Crippen molar-refractivity contribution in [3.63, 3.8) is 0 Å². The Balaban J connectivity index is 0.00000220. The van der Waals surface area contributed by atoms with Gasteiger partial charge in [0.2, 0.25) is 0 Å². The maximum Gasteiger partial charge on any atom is -0.147 e. The number of allylic oxidation sites excluding steroid dienone is 8. The van der Waals surface area contributed by atoms with Crippen LogP contribution >= 0.6 is 24.8 Å². The maximum absolute atomic E-state index is 2.93. The third-order valence-electron chi connectivity index (χ3n) is 4.98. The van der Waals surface area contributed by atoms with E-state index in [9.17, 15) is 0 Å². The Morgan fingerprint density at radius 3 is 1.36 bits per heavy atom. The van der Waals surface area contributed by atoms with Crippen LogP contribution in [0.4, 0.5) is 0 Å². The molecule has 0 N–H and O–H groups in total. The van der Waals surface area contributed by atoms with E-state index in [0.29, 0.717) is 10.8 Å². The quantitative estimate of drug-likeness (QED) is 0.471. The van der Waals surface area contributed by atoms with Crippen molar-refractivity contribution in [3.8, 4) is 0 Å². The first-order valence-electron chi connectivity index (χ1n) is 7.78. The molecule has 0 unspecified atom stereocenters. The van der Waals surface area contributed by atoms with Crippen molar-refractivity contribution in [1.82, 2.24) is 0 Å². The van der Waals surface area contributed by atoms with Crippen LogP contribution in [0.25, 0.3) is 0 Å². The molecule has 2 rings (SSSR count). The Labute approximate surface area is 151 Å². The van der Waals surface area contributed by atoms with E-state index in [4.69, 9.17) is 0 Å². The molecule has 0 fully saturated rings. The predicted octanol–water partition coefficient (Wildman–Crippen LogP) is 5.90. The molecule has 0 aromatic carbocycles. The summed E-state index contributed by atoms with van der Waals surface area (Å²) in [6, 6.07) is 0. The summed E-state index contributed by atoms with van der Waals surface area (Å²) in [5.74, 6) is 0. The molecule has 0 spiro atoms. The standard InChI is InChI=1S/2C8H11.2CH3.2ClH.H2Si.Zr/c2*1-8(2)6-4-3-5-7-8;;;;;;/h2*4-6H,7H2,1-2H3;2*1H3;2*1H;1H2;. The summed E-state index contributed by atoms with van der Waals surface area (Å²) in [6.45, 7) is 11.6. The molecule has 2 aliphatic rings. The van der Waals surface area contributed by atoms with E-state index in [1.165, 1.54) is 12.8 Å². The number of halogens is 2. The Morgan fingerprint density at radius 1 is 0.818 bits per heavy atom. The minimum absolute atomic E-state index is 0.